The number of aromatic nitrogens is 1. The predicted molar refractivity (Wildman–Crippen MR) is 103 cm³/mol. The van der Waals surface area contributed by atoms with Crippen LogP contribution in [0.15, 0.2) is 29.6 Å². The van der Waals surface area contributed by atoms with Crippen LogP contribution in [0.4, 0.5) is 10.8 Å². The lowest BCUT2D eigenvalue weighted by Crippen LogP contribution is -3.09. The van der Waals surface area contributed by atoms with Crippen molar-refractivity contribution in [3.63, 3.8) is 0 Å². The SMILES string of the molecule is CC(=O)N(c1cccc(Cl)c1)c1nc(C[NH+](C)CC(=O)NC2CC2)cs1. The van der Waals surface area contributed by atoms with Crippen molar-refractivity contribution in [2.24, 2.45) is 0 Å². The van der Waals surface area contributed by atoms with Crippen LogP contribution < -0.4 is 15.1 Å². The zero-order chi connectivity index (χ0) is 18.7. The first-order valence-corrected chi connectivity index (χ1v) is 9.79. The fraction of sp³-hybridized carbons (Fsp3) is 0.389. The molecule has 138 valence electrons. The highest BCUT2D eigenvalue weighted by atomic mass is 35.5. The number of nitrogens with zero attached hydrogens (tertiary/aromatic N) is 2. The van der Waals surface area contributed by atoms with Crippen molar-refractivity contribution in [1.82, 2.24) is 10.3 Å². The van der Waals surface area contributed by atoms with E-state index in [0.717, 1.165) is 23.4 Å². The van der Waals surface area contributed by atoms with Gasteiger partial charge in [-0.1, -0.05) is 17.7 Å². The van der Waals surface area contributed by atoms with E-state index in [2.05, 4.69) is 10.3 Å². The lowest BCUT2D eigenvalue weighted by atomic mass is 10.3. The second kappa shape index (κ2) is 8.16. The highest BCUT2D eigenvalue weighted by molar-refractivity contribution is 7.14. The Morgan fingerprint density at radius 3 is 2.85 bits per heavy atom. The molecule has 0 saturated heterocycles. The number of thiazole rings is 1. The number of nitrogens with one attached hydrogen (secondary N) is 2. The van der Waals surface area contributed by atoms with Gasteiger partial charge < -0.3 is 10.2 Å². The summed E-state index contributed by atoms with van der Waals surface area (Å²) in [4.78, 5) is 31.2. The van der Waals surface area contributed by atoms with Crippen molar-refractivity contribution in [3.05, 3.63) is 40.4 Å². The summed E-state index contributed by atoms with van der Waals surface area (Å²) in [6, 6.07) is 7.51. The average Bonchev–Trinajstić information content (AvgIpc) is 3.25. The van der Waals surface area contributed by atoms with E-state index in [0.29, 0.717) is 35.0 Å². The van der Waals surface area contributed by atoms with Crippen LogP contribution in [0.25, 0.3) is 0 Å². The van der Waals surface area contributed by atoms with Crippen molar-refractivity contribution >= 4 is 45.6 Å². The Morgan fingerprint density at radius 2 is 2.19 bits per heavy atom. The summed E-state index contributed by atoms with van der Waals surface area (Å²) in [5, 5.41) is 6.09. The molecular formula is C18H22ClN4O2S+. The summed E-state index contributed by atoms with van der Waals surface area (Å²) in [6.07, 6.45) is 2.18. The lowest BCUT2D eigenvalue weighted by molar-refractivity contribution is -0.885. The third-order valence-electron chi connectivity index (χ3n) is 4.00. The van der Waals surface area contributed by atoms with Gasteiger partial charge in [-0.2, -0.15) is 0 Å². The molecule has 2 amide bonds. The number of carbonyl (C=O) groups is 2. The largest absolute Gasteiger partial charge is 0.348 e. The fourth-order valence-electron chi connectivity index (χ4n) is 2.67. The number of quaternary nitrogens is 1. The Labute approximate surface area is 161 Å². The van der Waals surface area contributed by atoms with E-state index >= 15 is 0 Å². The smallest absolute Gasteiger partial charge is 0.275 e. The number of halogens is 1. The molecule has 1 atom stereocenters. The summed E-state index contributed by atoms with van der Waals surface area (Å²) >= 11 is 7.45. The molecule has 1 aliphatic rings. The van der Waals surface area contributed by atoms with Crippen LogP contribution in [0.3, 0.4) is 0 Å². The first-order chi connectivity index (χ1) is 12.4. The second-order valence-corrected chi connectivity index (χ2v) is 7.88. The number of benzene rings is 1. The first kappa shape index (κ1) is 18.8. The lowest BCUT2D eigenvalue weighted by Gasteiger charge is -2.18. The van der Waals surface area contributed by atoms with Gasteiger partial charge in [0.15, 0.2) is 11.7 Å². The molecule has 0 spiro atoms. The van der Waals surface area contributed by atoms with Gasteiger partial charge in [-0.25, -0.2) is 4.98 Å². The quantitative estimate of drug-likeness (QED) is 0.753. The molecule has 1 heterocycles. The van der Waals surface area contributed by atoms with E-state index in [1.54, 1.807) is 23.1 Å². The van der Waals surface area contributed by atoms with Crippen LogP contribution >= 0.6 is 22.9 Å². The maximum Gasteiger partial charge on any atom is 0.275 e. The minimum Gasteiger partial charge on any atom is -0.348 e. The number of hydrogen-bond donors (Lipinski definition) is 2. The monoisotopic (exact) mass is 393 g/mol. The van der Waals surface area contributed by atoms with E-state index < -0.39 is 0 Å². The van der Waals surface area contributed by atoms with Gasteiger partial charge in [0.2, 0.25) is 5.91 Å². The molecule has 1 aromatic heterocycles. The topological polar surface area (TPSA) is 66.7 Å². The molecule has 1 aliphatic carbocycles. The predicted octanol–water partition coefficient (Wildman–Crippen LogP) is 1.77. The Bertz CT molecular complexity index is 806. The van der Waals surface area contributed by atoms with Crippen LogP contribution in [0, 0.1) is 0 Å². The molecule has 3 rings (SSSR count). The molecule has 0 radical (unpaired) electrons. The normalized spacial score (nSPS) is 14.7. The van der Waals surface area contributed by atoms with Gasteiger partial charge in [0.05, 0.1) is 12.7 Å². The maximum absolute atomic E-state index is 12.1. The van der Waals surface area contributed by atoms with Crippen LogP contribution in [0.1, 0.15) is 25.5 Å². The van der Waals surface area contributed by atoms with Gasteiger partial charge in [0, 0.05) is 23.4 Å². The van der Waals surface area contributed by atoms with Gasteiger partial charge >= 0.3 is 0 Å². The molecule has 1 unspecified atom stereocenters. The molecular weight excluding hydrogens is 372 g/mol. The van der Waals surface area contributed by atoms with E-state index in [1.165, 1.54) is 18.3 Å². The van der Waals surface area contributed by atoms with Crippen LogP contribution in [-0.4, -0.2) is 36.4 Å². The minimum absolute atomic E-state index is 0.0738. The fourth-order valence-corrected chi connectivity index (χ4v) is 3.75. The Morgan fingerprint density at radius 1 is 1.42 bits per heavy atom. The summed E-state index contributed by atoms with van der Waals surface area (Å²) in [5.41, 5.74) is 1.55. The molecule has 1 saturated carbocycles. The number of likely N-dealkylation sites (N-methyl/N-ethyl adjacent to an activating group) is 1. The Balaban J connectivity index is 1.66. The molecule has 1 aromatic carbocycles. The van der Waals surface area contributed by atoms with Gasteiger partial charge in [-0.3, -0.25) is 14.5 Å². The van der Waals surface area contributed by atoms with Crippen LogP contribution in [0.2, 0.25) is 5.02 Å². The van der Waals surface area contributed by atoms with Crippen molar-refractivity contribution in [1.29, 1.82) is 0 Å². The molecule has 2 aromatic rings. The number of rotatable bonds is 7. The van der Waals surface area contributed by atoms with E-state index in [9.17, 15) is 9.59 Å². The summed E-state index contributed by atoms with van der Waals surface area (Å²) in [5.74, 6) is -0.0533. The molecule has 8 heteroatoms. The summed E-state index contributed by atoms with van der Waals surface area (Å²) < 4.78 is 0. The molecule has 1 fully saturated rings. The minimum atomic E-state index is -0.127. The average molecular weight is 394 g/mol. The number of anilines is 2. The highest BCUT2D eigenvalue weighted by Gasteiger charge is 2.25. The zero-order valence-corrected chi connectivity index (χ0v) is 16.4. The van der Waals surface area contributed by atoms with E-state index in [-0.39, 0.29) is 11.8 Å². The third-order valence-corrected chi connectivity index (χ3v) is 5.11. The number of amides is 2. The number of carbonyl (C=O) groups excluding carboxylic acids is 2. The molecule has 26 heavy (non-hydrogen) atoms. The van der Waals surface area contributed by atoms with Crippen LogP contribution in [0.5, 0.6) is 0 Å². The van der Waals surface area contributed by atoms with E-state index in [1.807, 2.05) is 18.5 Å². The highest BCUT2D eigenvalue weighted by Crippen LogP contribution is 2.30. The maximum atomic E-state index is 12.1. The third kappa shape index (κ3) is 5.03. The first-order valence-electron chi connectivity index (χ1n) is 8.53. The molecule has 6 nitrogen and oxygen atoms in total. The number of hydrogen-bond acceptors (Lipinski definition) is 4. The molecule has 2 N–H and O–H groups in total. The van der Waals surface area contributed by atoms with Gasteiger partial charge in [-0.15, -0.1) is 11.3 Å². The van der Waals surface area contributed by atoms with Gasteiger partial charge in [0.25, 0.3) is 5.91 Å². The van der Waals surface area contributed by atoms with Crippen molar-refractivity contribution in [2.75, 3.05) is 18.5 Å². The Hall–Kier alpha value is -1.96. The molecule has 0 aliphatic heterocycles. The molecule has 0 bridgehead atoms. The second-order valence-electron chi connectivity index (χ2n) is 6.61. The zero-order valence-electron chi connectivity index (χ0n) is 14.8. The standard InChI is InChI=1S/C18H21ClN4O2S/c1-12(24)23(16-5-3-4-13(19)8-16)18-21-15(11-26-18)9-22(2)10-17(25)20-14-6-7-14/h3-5,8,11,14H,6-7,9-10H2,1-2H3,(H,20,25)/p+1. The van der Waals surface area contributed by atoms with Crippen molar-refractivity contribution in [3.8, 4) is 0 Å². The van der Waals surface area contributed by atoms with Crippen molar-refractivity contribution in [2.45, 2.75) is 32.4 Å². The Kier molecular flexibility index (Phi) is 5.90. The van der Waals surface area contributed by atoms with E-state index in [4.69, 9.17) is 11.6 Å². The summed E-state index contributed by atoms with van der Waals surface area (Å²) in [6.45, 7) is 2.53. The summed E-state index contributed by atoms with van der Waals surface area (Å²) in [7, 11) is 1.96. The van der Waals surface area contributed by atoms with Gasteiger partial charge in [-0.05, 0) is 31.0 Å². The van der Waals surface area contributed by atoms with Gasteiger partial charge in [0.1, 0.15) is 12.2 Å². The van der Waals surface area contributed by atoms with Crippen molar-refractivity contribution < 1.29 is 14.5 Å². The van der Waals surface area contributed by atoms with Crippen LogP contribution in [-0.2, 0) is 16.1 Å².